The second-order valence-corrected chi connectivity index (χ2v) is 6.05. The molecule has 22 heavy (non-hydrogen) atoms. The standard InChI is InChI=1S/C16H22ClN3O2/c17-13-5-3-4-12(10-13)7-8-15(21)20-9-2-1-6-14(20)11-19-16(18)22/h3-5,10,14H,1-2,6-9,11H2,(H3,18,19,22). The Morgan fingerprint density at radius 1 is 1.36 bits per heavy atom. The lowest BCUT2D eigenvalue weighted by Crippen LogP contribution is -2.50. The maximum atomic E-state index is 12.5. The van der Waals surface area contributed by atoms with Gasteiger partial charge >= 0.3 is 6.03 Å². The molecule has 0 bridgehead atoms. The first-order valence-electron chi connectivity index (χ1n) is 7.63. The number of halogens is 1. The van der Waals surface area contributed by atoms with Gasteiger partial charge in [0.2, 0.25) is 5.91 Å². The molecule has 0 radical (unpaired) electrons. The molecule has 6 heteroatoms. The van der Waals surface area contributed by atoms with Crippen molar-refractivity contribution >= 4 is 23.5 Å². The number of carbonyl (C=O) groups is 2. The molecule has 0 spiro atoms. The fourth-order valence-corrected chi connectivity index (χ4v) is 3.06. The highest BCUT2D eigenvalue weighted by Crippen LogP contribution is 2.19. The molecule has 3 N–H and O–H groups in total. The smallest absolute Gasteiger partial charge is 0.312 e. The molecule has 5 nitrogen and oxygen atoms in total. The molecule has 2 rings (SSSR count). The number of benzene rings is 1. The van der Waals surface area contributed by atoms with Crippen LogP contribution < -0.4 is 11.1 Å². The van der Waals surface area contributed by atoms with E-state index in [9.17, 15) is 9.59 Å². The van der Waals surface area contributed by atoms with Gasteiger partial charge in [-0.15, -0.1) is 0 Å². The Morgan fingerprint density at radius 2 is 2.18 bits per heavy atom. The summed E-state index contributed by atoms with van der Waals surface area (Å²) in [4.78, 5) is 25.2. The molecule has 1 saturated heterocycles. The summed E-state index contributed by atoms with van der Waals surface area (Å²) in [5, 5.41) is 3.30. The van der Waals surface area contributed by atoms with E-state index in [0.29, 0.717) is 24.4 Å². The molecule has 1 aliphatic rings. The van der Waals surface area contributed by atoms with E-state index in [2.05, 4.69) is 5.32 Å². The van der Waals surface area contributed by atoms with Crippen molar-refractivity contribution in [1.29, 1.82) is 0 Å². The average Bonchev–Trinajstić information content (AvgIpc) is 2.51. The maximum Gasteiger partial charge on any atom is 0.312 e. The van der Waals surface area contributed by atoms with Crippen molar-refractivity contribution in [2.75, 3.05) is 13.1 Å². The fourth-order valence-electron chi connectivity index (χ4n) is 2.85. The van der Waals surface area contributed by atoms with Crippen LogP contribution in [0.1, 0.15) is 31.2 Å². The van der Waals surface area contributed by atoms with Crippen LogP contribution in [0.25, 0.3) is 0 Å². The number of carbonyl (C=O) groups excluding carboxylic acids is 2. The van der Waals surface area contributed by atoms with Crippen LogP contribution in [0.2, 0.25) is 5.02 Å². The van der Waals surface area contributed by atoms with Crippen molar-refractivity contribution < 1.29 is 9.59 Å². The van der Waals surface area contributed by atoms with E-state index in [1.54, 1.807) is 0 Å². The zero-order valence-electron chi connectivity index (χ0n) is 12.6. The van der Waals surface area contributed by atoms with Crippen LogP contribution in [-0.2, 0) is 11.2 Å². The van der Waals surface area contributed by atoms with E-state index in [4.69, 9.17) is 17.3 Å². The second kappa shape index (κ2) is 8.03. The van der Waals surface area contributed by atoms with E-state index >= 15 is 0 Å². The fraction of sp³-hybridized carbons (Fsp3) is 0.500. The molecule has 1 unspecified atom stereocenters. The number of nitrogens with zero attached hydrogens (tertiary/aromatic N) is 1. The molecule has 0 aliphatic carbocycles. The normalized spacial score (nSPS) is 18.0. The van der Waals surface area contributed by atoms with Gasteiger partial charge in [-0.3, -0.25) is 4.79 Å². The molecular weight excluding hydrogens is 302 g/mol. The minimum atomic E-state index is -0.545. The third-order valence-corrected chi connectivity index (χ3v) is 4.21. The van der Waals surface area contributed by atoms with Gasteiger partial charge in [0.15, 0.2) is 0 Å². The average molecular weight is 324 g/mol. The summed E-state index contributed by atoms with van der Waals surface area (Å²) in [7, 11) is 0. The number of aryl methyl sites for hydroxylation is 1. The third-order valence-electron chi connectivity index (χ3n) is 3.98. The third kappa shape index (κ3) is 4.91. The topological polar surface area (TPSA) is 75.4 Å². The van der Waals surface area contributed by atoms with Crippen LogP contribution in [-0.4, -0.2) is 36.0 Å². The van der Waals surface area contributed by atoms with E-state index in [-0.39, 0.29) is 11.9 Å². The molecule has 0 saturated carbocycles. The van der Waals surface area contributed by atoms with Crippen molar-refractivity contribution in [3.63, 3.8) is 0 Å². The summed E-state index contributed by atoms with van der Waals surface area (Å²) in [6.07, 6.45) is 4.11. The van der Waals surface area contributed by atoms with E-state index in [0.717, 1.165) is 31.4 Å². The van der Waals surface area contributed by atoms with Gasteiger partial charge in [0.05, 0.1) is 0 Å². The molecule has 1 heterocycles. The van der Waals surface area contributed by atoms with Crippen molar-refractivity contribution in [3.05, 3.63) is 34.9 Å². The summed E-state index contributed by atoms with van der Waals surface area (Å²) in [5.41, 5.74) is 6.17. The van der Waals surface area contributed by atoms with Gasteiger partial charge in [0, 0.05) is 30.6 Å². The number of nitrogens with two attached hydrogens (primary N) is 1. The zero-order valence-corrected chi connectivity index (χ0v) is 13.3. The zero-order chi connectivity index (χ0) is 15.9. The molecule has 1 aromatic carbocycles. The summed E-state index contributed by atoms with van der Waals surface area (Å²) >= 11 is 5.96. The predicted molar refractivity (Wildman–Crippen MR) is 86.7 cm³/mol. The van der Waals surface area contributed by atoms with Crippen LogP contribution in [0.5, 0.6) is 0 Å². The molecule has 1 fully saturated rings. The monoisotopic (exact) mass is 323 g/mol. The molecule has 1 aromatic rings. The Morgan fingerprint density at radius 3 is 2.91 bits per heavy atom. The van der Waals surface area contributed by atoms with Crippen molar-refractivity contribution in [1.82, 2.24) is 10.2 Å². The van der Waals surface area contributed by atoms with Crippen LogP contribution in [0.3, 0.4) is 0 Å². The Kier molecular flexibility index (Phi) is 6.07. The molecule has 3 amide bonds. The molecular formula is C16H22ClN3O2. The van der Waals surface area contributed by atoms with E-state index < -0.39 is 6.03 Å². The highest BCUT2D eigenvalue weighted by atomic mass is 35.5. The Labute approximate surface area is 135 Å². The number of primary amides is 1. The lowest BCUT2D eigenvalue weighted by molar-refractivity contribution is -0.134. The van der Waals surface area contributed by atoms with Crippen LogP contribution in [0.15, 0.2) is 24.3 Å². The lowest BCUT2D eigenvalue weighted by Gasteiger charge is -2.36. The summed E-state index contributed by atoms with van der Waals surface area (Å²) < 4.78 is 0. The van der Waals surface area contributed by atoms with Crippen molar-refractivity contribution in [2.24, 2.45) is 5.73 Å². The maximum absolute atomic E-state index is 12.5. The first kappa shape index (κ1) is 16.6. The number of amides is 3. The number of piperidine rings is 1. The van der Waals surface area contributed by atoms with Crippen LogP contribution in [0, 0.1) is 0 Å². The first-order valence-corrected chi connectivity index (χ1v) is 8.01. The largest absolute Gasteiger partial charge is 0.352 e. The predicted octanol–water partition coefficient (Wildman–Crippen LogP) is 2.32. The van der Waals surface area contributed by atoms with Gasteiger partial charge in [-0.25, -0.2) is 4.79 Å². The second-order valence-electron chi connectivity index (χ2n) is 5.61. The van der Waals surface area contributed by atoms with E-state index in [1.165, 1.54) is 0 Å². The van der Waals surface area contributed by atoms with Crippen molar-refractivity contribution in [3.8, 4) is 0 Å². The Hall–Kier alpha value is -1.75. The minimum absolute atomic E-state index is 0.0492. The molecule has 1 aliphatic heterocycles. The first-order chi connectivity index (χ1) is 10.6. The number of hydrogen-bond donors (Lipinski definition) is 2. The van der Waals surface area contributed by atoms with Gasteiger partial charge < -0.3 is 16.0 Å². The number of rotatable bonds is 5. The molecule has 0 aromatic heterocycles. The van der Waals surface area contributed by atoms with Gasteiger partial charge in [-0.1, -0.05) is 23.7 Å². The summed E-state index contributed by atoms with van der Waals surface area (Å²) in [6.45, 7) is 1.18. The number of urea groups is 1. The lowest BCUT2D eigenvalue weighted by atomic mass is 10.0. The summed E-state index contributed by atoms with van der Waals surface area (Å²) in [5.74, 6) is 0.121. The SMILES string of the molecule is NC(=O)NCC1CCCCN1C(=O)CCc1cccc(Cl)c1. The van der Waals surface area contributed by atoms with Gasteiger partial charge in [-0.2, -0.15) is 0 Å². The molecule has 120 valence electrons. The highest BCUT2D eigenvalue weighted by molar-refractivity contribution is 6.30. The van der Waals surface area contributed by atoms with Gasteiger partial charge in [0.1, 0.15) is 0 Å². The number of likely N-dealkylation sites (tertiary alicyclic amines) is 1. The Balaban J connectivity index is 1.89. The number of nitrogens with one attached hydrogen (secondary N) is 1. The Bertz CT molecular complexity index is 536. The van der Waals surface area contributed by atoms with Gasteiger partial charge in [0.25, 0.3) is 0 Å². The van der Waals surface area contributed by atoms with Gasteiger partial charge in [-0.05, 0) is 43.4 Å². The van der Waals surface area contributed by atoms with Crippen LogP contribution >= 0.6 is 11.6 Å². The minimum Gasteiger partial charge on any atom is -0.352 e. The summed E-state index contributed by atoms with van der Waals surface area (Å²) in [6, 6.07) is 7.08. The highest BCUT2D eigenvalue weighted by Gasteiger charge is 2.26. The number of hydrogen-bond acceptors (Lipinski definition) is 2. The van der Waals surface area contributed by atoms with Crippen molar-refractivity contribution in [2.45, 2.75) is 38.1 Å². The van der Waals surface area contributed by atoms with E-state index in [1.807, 2.05) is 29.2 Å². The quantitative estimate of drug-likeness (QED) is 0.872. The van der Waals surface area contributed by atoms with Crippen LogP contribution in [0.4, 0.5) is 4.79 Å². The molecule has 1 atom stereocenters.